The van der Waals surface area contributed by atoms with Gasteiger partial charge in [-0.05, 0) is 6.92 Å². The van der Waals surface area contributed by atoms with Crippen LogP contribution in [-0.2, 0) is 14.2 Å². The minimum atomic E-state index is -0.961. The van der Waals surface area contributed by atoms with Crippen molar-refractivity contribution in [3.05, 3.63) is 0 Å². The van der Waals surface area contributed by atoms with E-state index in [2.05, 4.69) is 6.92 Å². The van der Waals surface area contributed by atoms with Gasteiger partial charge in [0, 0.05) is 5.41 Å². The van der Waals surface area contributed by atoms with E-state index < -0.39 is 5.97 Å². The van der Waals surface area contributed by atoms with Crippen molar-refractivity contribution in [2.24, 2.45) is 11.1 Å². The molecule has 3 aliphatic heterocycles. The van der Waals surface area contributed by atoms with E-state index in [1.165, 1.54) is 0 Å². The predicted molar refractivity (Wildman–Crippen MR) is 42.3 cm³/mol. The van der Waals surface area contributed by atoms with Gasteiger partial charge in [0.05, 0.1) is 25.9 Å². The molecule has 2 N–H and O–H groups in total. The number of rotatable bonds is 1. The molecule has 2 bridgehead atoms. The van der Waals surface area contributed by atoms with Crippen LogP contribution in [0.3, 0.4) is 0 Å². The summed E-state index contributed by atoms with van der Waals surface area (Å²) in [5, 5.41) is 0. The molecule has 3 fully saturated rings. The lowest BCUT2D eigenvalue weighted by molar-refractivity contribution is -0.470. The Morgan fingerprint density at radius 1 is 1.17 bits per heavy atom. The molecule has 0 aromatic carbocycles. The standard InChI is InChI=1S/C8H15NO3/c1-6(9)8-10-3-7(2,4-11-8)5-12-8/h6H,3-5,9H2,1-2H3/t6-,7?,8?/m0/s1. The van der Waals surface area contributed by atoms with Crippen LogP contribution < -0.4 is 5.73 Å². The first-order valence-corrected chi connectivity index (χ1v) is 4.24. The van der Waals surface area contributed by atoms with E-state index in [9.17, 15) is 0 Å². The van der Waals surface area contributed by atoms with Gasteiger partial charge in [-0.3, -0.25) is 0 Å². The van der Waals surface area contributed by atoms with Crippen molar-refractivity contribution in [3.8, 4) is 0 Å². The second-order valence-electron chi connectivity index (χ2n) is 4.07. The summed E-state index contributed by atoms with van der Waals surface area (Å²) < 4.78 is 16.4. The van der Waals surface area contributed by atoms with E-state index in [-0.39, 0.29) is 11.5 Å². The molecule has 4 heteroatoms. The summed E-state index contributed by atoms with van der Waals surface area (Å²) >= 11 is 0. The van der Waals surface area contributed by atoms with Crippen molar-refractivity contribution in [2.75, 3.05) is 19.8 Å². The fourth-order valence-corrected chi connectivity index (χ4v) is 1.47. The lowest BCUT2D eigenvalue weighted by Gasteiger charge is -2.51. The van der Waals surface area contributed by atoms with Crippen LogP contribution in [0.5, 0.6) is 0 Å². The number of hydrogen-bond donors (Lipinski definition) is 1. The van der Waals surface area contributed by atoms with Gasteiger partial charge in [-0.1, -0.05) is 6.92 Å². The van der Waals surface area contributed by atoms with Gasteiger partial charge in [-0.15, -0.1) is 0 Å². The molecule has 0 saturated carbocycles. The maximum absolute atomic E-state index is 5.71. The maximum Gasteiger partial charge on any atom is 0.298 e. The number of ether oxygens (including phenoxy) is 3. The topological polar surface area (TPSA) is 53.7 Å². The van der Waals surface area contributed by atoms with Gasteiger partial charge in [0.2, 0.25) is 0 Å². The summed E-state index contributed by atoms with van der Waals surface area (Å²) in [5.41, 5.74) is 5.73. The van der Waals surface area contributed by atoms with Crippen molar-refractivity contribution in [2.45, 2.75) is 25.9 Å². The zero-order chi connectivity index (χ0) is 8.82. The zero-order valence-electron chi connectivity index (χ0n) is 7.50. The first-order valence-electron chi connectivity index (χ1n) is 4.24. The van der Waals surface area contributed by atoms with E-state index in [1.54, 1.807) is 0 Å². The van der Waals surface area contributed by atoms with Crippen LogP contribution in [0.15, 0.2) is 0 Å². The third-order valence-corrected chi connectivity index (χ3v) is 2.42. The van der Waals surface area contributed by atoms with E-state index in [1.807, 2.05) is 6.92 Å². The van der Waals surface area contributed by atoms with Crippen molar-refractivity contribution in [1.29, 1.82) is 0 Å². The number of nitrogens with two attached hydrogens (primary N) is 1. The Labute approximate surface area is 72.0 Å². The minimum Gasteiger partial charge on any atom is -0.325 e. The maximum atomic E-state index is 5.71. The molecule has 0 aromatic rings. The normalized spacial score (nSPS) is 49.2. The number of hydrogen-bond acceptors (Lipinski definition) is 4. The highest BCUT2D eigenvalue weighted by atomic mass is 16.9. The molecule has 0 amide bonds. The molecule has 0 spiro atoms. The van der Waals surface area contributed by atoms with Crippen molar-refractivity contribution >= 4 is 0 Å². The summed E-state index contributed by atoms with van der Waals surface area (Å²) in [4.78, 5) is 0. The molecule has 3 heterocycles. The fraction of sp³-hybridized carbons (Fsp3) is 1.00. The highest BCUT2D eigenvalue weighted by Gasteiger charge is 2.52. The van der Waals surface area contributed by atoms with E-state index >= 15 is 0 Å². The van der Waals surface area contributed by atoms with E-state index in [4.69, 9.17) is 19.9 Å². The van der Waals surface area contributed by atoms with Crippen LogP contribution in [0, 0.1) is 5.41 Å². The van der Waals surface area contributed by atoms with Gasteiger partial charge in [-0.2, -0.15) is 0 Å². The Kier molecular flexibility index (Phi) is 1.70. The minimum absolute atomic E-state index is 0.0244. The molecule has 1 atom stereocenters. The van der Waals surface area contributed by atoms with Gasteiger partial charge >= 0.3 is 0 Å². The summed E-state index contributed by atoms with van der Waals surface area (Å²) in [6.07, 6.45) is 0. The highest BCUT2D eigenvalue weighted by Crippen LogP contribution is 2.38. The molecule has 3 aliphatic rings. The quantitative estimate of drug-likeness (QED) is 0.609. The third kappa shape index (κ3) is 1.07. The predicted octanol–water partition coefficient (Wildman–Crippen LogP) is 0.0707. The summed E-state index contributed by atoms with van der Waals surface area (Å²) in [5.74, 6) is -0.961. The van der Waals surface area contributed by atoms with Crippen LogP contribution in [-0.4, -0.2) is 31.8 Å². The molecule has 12 heavy (non-hydrogen) atoms. The largest absolute Gasteiger partial charge is 0.325 e. The molecule has 0 unspecified atom stereocenters. The number of fused-ring (bicyclic) bond motifs is 3. The van der Waals surface area contributed by atoms with Crippen LogP contribution in [0.4, 0.5) is 0 Å². The zero-order valence-corrected chi connectivity index (χ0v) is 7.50. The SMILES string of the molecule is C[C@H](N)C12OCC(C)(CO1)CO2. The van der Waals surface area contributed by atoms with Crippen molar-refractivity contribution in [1.82, 2.24) is 0 Å². The van der Waals surface area contributed by atoms with Gasteiger partial charge < -0.3 is 19.9 Å². The molecular weight excluding hydrogens is 158 g/mol. The Morgan fingerprint density at radius 3 is 1.92 bits per heavy atom. The smallest absolute Gasteiger partial charge is 0.298 e. The van der Waals surface area contributed by atoms with Gasteiger partial charge in [0.25, 0.3) is 5.97 Å². The van der Waals surface area contributed by atoms with Gasteiger partial charge in [0.15, 0.2) is 0 Å². The summed E-state index contributed by atoms with van der Waals surface area (Å²) in [6, 6.07) is -0.248. The molecule has 0 aromatic heterocycles. The van der Waals surface area contributed by atoms with Crippen LogP contribution in [0.25, 0.3) is 0 Å². The van der Waals surface area contributed by atoms with Crippen molar-refractivity contribution in [3.63, 3.8) is 0 Å². The molecule has 0 radical (unpaired) electrons. The second-order valence-corrected chi connectivity index (χ2v) is 4.07. The molecule has 3 rings (SSSR count). The van der Waals surface area contributed by atoms with Crippen LogP contribution >= 0.6 is 0 Å². The summed E-state index contributed by atoms with van der Waals surface area (Å²) in [6.45, 7) is 5.93. The third-order valence-electron chi connectivity index (χ3n) is 2.42. The average Bonchev–Trinajstić information content (AvgIpc) is 2.06. The molecule has 4 nitrogen and oxygen atoms in total. The Hall–Kier alpha value is -0.160. The summed E-state index contributed by atoms with van der Waals surface area (Å²) in [7, 11) is 0. The molecular formula is C8H15NO3. The highest BCUT2D eigenvalue weighted by molar-refractivity contribution is 4.87. The second kappa shape index (κ2) is 2.42. The van der Waals surface area contributed by atoms with Gasteiger partial charge in [0.1, 0.15) is 0 Å². The van der Waals surface area contributed by atoms with Gasteiger partial charge in [-0.25, -0.2) is 0 Å². The first kappa shape index (κ1) is 8.44. The lowest BCUT2D eigenvalue weighted by Crippen LogP contribution is -2.65. The Morgan fingerprint density at radius 2 is 1.58 bits per heavy atom. The molecule has 70 valence electrons. The van der Waals surface area contributed by atoms with Crippen LogP contribution in [0.1, 0.15) is 13.8 Å². The van der Waals surface area contributed by atoms with Crippen LogP contribution in [0.2, 0.25) is 0 Å². The molecule has 0 aliphatic carbocycles. The monoisotopic (exact) mass is 173 g/mol. The first-order chi connectivity index (χ1) is 5.56. The fourth-order valence-electron chi connectivity index (χ4n) is 1.47. The Bertz CT molecular complexity index is 168. The lowest BCUT2D eigenvalue weighted by atomic mass is 9.91. The Balaban J connectivity index is 2.14. The van der Waals surface area contributed by atoms with E-state index in [0.29, 0.717) is 19.8 Å². The average molecular weight is 173 g/mol. The van der Waals surface area contributed by atoms with E-state index in [0.717, 1.165) is 0 Å². The van der Waals surface area contributed by atoms with Crippen molar-refractivity contribution < 1.29 is 14.2 Å². The molecule has 3 saturated heterocycles.